The zero-order chi connectivity index (χ0) is 18.8. The van der Waals surface area contributed by atoms with Gasteiger partial charge >= 0.3 is 0 Å². The van der Waals surface area contributed by atoms with Crippen LogP contribution in [0.4, 0.5) is 0 Å². The maximum absolute atomic E-state index is 12.5. The number of allylic oxidation sites excluding steroid dienone is 4. The Bertz CT molecular complexity index is 903. The van der Waals surface area contributed by atoms with Crippen molar-refractivity contribution in [2.75, 3.05) is 19.6 Å². The van der Waals surface area contributed by atoms with Gasteiger partial charge in [0.2, 0.25) is 11.6 Å². The van der Waals surface area contributed by atoms with Gasteiger partial charge in [0, 0.05) is 48.1 Å². The highest BCUT2D eigenvalue weighted by Crippen LogP contribution is 2.43. The molecule has 0 amide bonds. The molecule has 0 radical (unpaired) electrons. The lowest BCUT2D eigenvalue weighted by Crippen LogP contribution is -2.51. The van der Waals surface area contributed by atoms with Crippen molar-refractivity contribution in [1.29, 1.82) is 0 Å². The lowest BCUT2D eigenvalue weighted by atomic mass is 9.80. The van der Waals surface area contributed by atoms with Crippen LogP contribution in [0.5, 0.6) is 0 Å². The van der Waals surface area contributed by atoms with E-state index in [9.17, 15) is 9.59 Å². The third-order valence-electron chi connectivity index (χ3n) is 6.41. The Morgan fingerprint density at radius 3 is 2.96 bits per heavy atom. The van der Waals surface area contributed by atoms with Crippen molar-refractivity contribution < 1.29 is 14.1 Å². The predicted molar refractivity (Wildman–Crippen MR) is 103 cm³/mol. The highest BCUT2D eigenvalue weighted by atomic mass is 16.2. The predicted octanol–water partition coefficient (Wildman–Crippen LogP) is 3.08. The summed E-state index contributed by atoms with van der Waals surface area (Å²) in [5.74, 6) is 0.0842. The normalized spacial score (nSPS) is 31.9. The topological polar surface area (TPSA) is 49.7 Å². The van der Waals surface area contributed by atoms with Gasteiger partial charge in [-0.05, 0) is 12.5 Å². The Balaban J connectivity index is 1.52. The van der Waals surface area contributed by atoms with E-state index in [2.05, 4.69) is 43.3 Å². The fraction of sp³-hybridized carbons (Fsp3) is 0.500. The molecule has 0 saturated carbocycles. The largest absolute Gasteiger partial charge is 0.336 e. The molecule has 1 fully saturated rings. The molecule has 4 heterocycles. The van der Waals surface area contributed by atoms with Crippen molar-refractivity contribution in [2.24, 2.45) is 16.8 Å². The smallest absolute Gasteiger partial charge is 0.227 e. The number of hydrogen-bond donors (Lipinski definition) is 0. The number of carbonyl (C=O) groups is 2. The zero-order valence-corrected chi connectivity index (χ0v) is 16.1. The molecule has 2 atom stereocenters. The monoisotopic (exact) mass is 364 g/mol. The van der Waals surface area contributed by atoms with Crippen molar-refractivity contribution in [3.8, 4) is 0 Å². The van der Waals surface area contributed by atoms with Crippen molar-refractivity contribution >= 4 is 17.3 Å². The summed E-state index contributed by atoms with van der Waals surface area (Å²) in [6.07, 6.45) is 12.1. The average Bonchev–Trinajstić information content (AvgIpc) is 2.98. The molecule has 0 spiro atoms. The van der Waals surface area contributed by atoms with Crippen LogP contribution in [-0.4, -0.2) is 46.3 Å². The van der Waals surface area contributed by atoms with E-state index in [-0.39, 0.29) is 17.5 Å². The lowest BCUT2D eigenvalue weighted by Gasteiger charge is -2.45. The van der Waals surface area contributed by atoms with Crippen LogP contribution in [-0.2, 0) is 9.59 Å². The van der Waals surface area contributed by atoms with E-state index in [0.29, 0.717) is 24.3 Å². The minimum Gasteiger partial charge on any atom is -0.336 e. The van der Waals surface area contributed by atoms with Gasteiger partial charge in [0.25, 0.3) is 0 Å². The number of quaternary nitrogens is 1. The molecule has 140 valence electrons. The molecular weight excluding hydrogens is 338 g/mol. The van der Waals surface area contributed by atoms with E-state index in [1.165, 1.54) is 11.4 Å². The summed E-state index contributed by atoms with van der Waals surface area (Å²) in [6, 6.07) is 0. The van der Waals surface area contributed by atoms with E-state index in [1.54, 1.807) is 0 Å². The number of aliphatic imine (C=N–C) groups is 1. The first-order valence-electron chi connectivity index (χ1n) is 10.1. The molecule has 5 nitrogen and oxygen atoms in total. The van der Waals surface area contributed by atoms with Crippen molar-refractivity contribution in [3.63, 3.8) is 0 Å². The number of hydrogen-bond acceptors (Lipinski definition) is 4. The fourth-order valence-electron chi connectivity index (χ4n) is 5.31. The minimum atomic E-state index is -0.284. The summed E-state index contributed by atoms with van der Waals surface area (Å²) in [6.45, 7) is 7.46. The van der Waals surface area contributed by atoms with E-state index in [0.717, 1.165) is 48.4 Å². The summed E-state index contributed by atoms with van der Waals surface area (Å²) < 4.78 is 0.901. The molecule has 0 bridgehead atoms. The molecule has 0 N–H and O–H groups in total. The van der Waals surface area contributed by atoms with Gasteiger partial charge in [-0.3, -0.25) is 19.1 Å². The maximum atomic E-state index is 12.5. The molecule has 5 aliphatic rings. The number of rotatable bonds is 2. The van der Waals surface area contributed by atoms with Gasteiger partial charge in [0.15, 0.2) is 5.70 Å². The van der Waals surface area contributed by atoms with Crippen LogP contribution < -0.4 is 0 Å². The summed E-state index contributed by atoms with van der Waals surface area (Å²) in [5, 5.41) is 0. The number of piperidine rings is 1. The van der Waals surface area contributed by atoms with Crippen molar-refractivity contribution in [2.45, 2.75) is 39.5 Å². The molecule has 1 saturated heterocycles. The summed E-state index contributed by atoms with van der Waals surface area (Å²) in [7, 11) is 0. The second-order valence-electron chi connectivity index (χ2n) is 8.80. The quantitative estimate of drug-likeness (QED) is 0.559. The van der Waals surface area contributed by atoms with E-state index in [1.807, 2.05) is 0 Å². The highest BCUT2D eigenvalue weighted by Gasteiger charge is 2.46. The third kappa shape index (κ3) is 2.52. The van der Waals surface area contributed by atoms with Gasteiger partial charge in [0.1, 0.15) is 6.20 Å². The first kappa shape index (κ1) is 16.9. The number of fused-ring (bicyclic) bond motifs is 4. The highest BCUT2D eigenvalue weighted by molar-refractivity contribution is 6.45. The Labute approximate surface area is 160 Å². The molecule has 0 aromatic heterocycles. The second-order valence-corrected chi connectivity index (χ2v) is 8.80. The molecule has 27 heavy (non-hydrogen) atoms. The van der Waals surface area contributed by atoms with Crippen LogP contribution in [0, 0.1) is 11.8 Å². The summed E-state index contributed by atoms with van der Waals surface area (Å²) in [5.41, 5.74) is 5.25. The average molecular weight is 364 g/mol. The number of ketones is 2. The molecule has 5 rings (SSSR count). The van der Waals surface area contributed by atoms with Crippen LogP contribution in [0.1, 0.15) is 39.5 Å². The van der Waals surface area contributed by atoms with Gasteiger partial charge in [-0.2, -0.15) is 0 Å². The number of Topliss-reactive ketones (excluding diaryl/α,β-unsaturated/α-hetero) is 2. The Kier molecular flexibility index (Phi) is 3.66. The zero-order valence-electron chi connectivity index (χ0n) is 16.1. The molecule has 4 aliphatic heterocycles. The van der Waals surface area contributed by atoms with Crippen molar-refractivity contribution in [3.05, 3.63) is 47.2 Å². The molecular formula is C22H26N3O2+. The van der Waals surface area contributed by atoms with Crippen LogP contribution in [0.15, 0.2) is 52.2 Å². The van der Waals surface area contributed by atoms with Gasteiger partial charge < -0.3 is 4.90 Å². The molecule has 5 heteroatoms. The molecule has 0 aromatic rings. The number of nitrogens with zero attached hydrogens (tertiary/aromatic N) is 3. The standard InChI is InChI=1S/C22H26N3O2/c1-14(2)12-25-8-4-3-5-16(25)10-24-11-19-17(9-15(24)13-25)21-18(23-19)6-7-20(26)22(21)27/h3,5,10,13-14,17H,4,6-9,11-12H2,1-2H3/q+1/t17-,25+/m0/s1. The molecule has 0 aromatic carbocycles. The summed E-state index contributed by atoms with van der Waals surface area (Å²) in [4.78, 5) is 31.6. The first-order chi connectivity index (χ1) is 13.0. The SMILES string of the molecule is CC(C)C[N@+]12C=C3C[C@H]4C(=NC5=C4C(=O)C(=O)CC5)CN3C=C1C=CCC2. The maximum Gasteiger partial charge on any atom is 0.227 e. The number of carbonyl (C=O) groups excluding carboxylic acids is 2. The van der Waals surface area contributed by atoms with E-state index >= 15 is 0 Å². The summed E-state index contributed by atoms with van der Waals surface area (Å²) >= 11 is 0. The Morgan fingerprint density at radius 2 is 2.15 bits per heavy atom. The van der Waals surface area contributed by atoms with Crippen LogP contribution in [0.3, 0.4) is 0 Å². The molecule has 1 aliphatic carbocycles. The van der Waals surface area contributed by atoms with Crippen LogP contribution in [0.2, 0.25) is 0 Å². The van der Waals surface area contributed by atoms with Crippen LogP contribution >= 0.6 is 0 Å². The Hall–Kier alpha value is -2.27. The van der Waals surface area contributed by atoms with Gasteiger partial charge in [-0.1, -0.05) is 19.9 Å². The first-order valence-corrected chi connectivity index (χ1v) is 10.1. The van der Waals surface area contributed by atoms with Gasteiger partial charge in [-0.25, -0.2) is 0 Å². The Morgan fingerprint density at radius 1 is 1.30 bits per heavy atom. The lowest BCUT2D eigenvalue weighted by molar-refractivity contribution is -0.845. The minimum absolute atomic E-state index is 0.00799. The third-order valence-corrected chi connectivity index (χ3v) is 6.41. The van der Waals surface area contributed by atoms with E-state index < -0.39 is 0 Å². The van der Waals surface area contributed by atoms with E-state index in [4.69, 9.17) is 4.99 Å². The molecule has 0 unspecified atom stereocenters. The van der Waals surface area contributed by atoms with Gasteiger partial charge in [0.05, 0.1) is 31.5 Å². The fourth-order valence-corrected chi connectivity index (χ4v) is 5.31. The van der Waals surface area contributed by atoms with Crippen LogP contribution in [0.25, 0.3) is 0 Å². The van der Waals surface area contributed by atoms with Crippen molar-refractivity contribution in [1.82, 2.24) is 4.90 Å². The second kappa shape index (κ2) is 5.86. The van der Waals surface area contributed by atoms with Gasteiger partial charge in [-0.15, -0.1) is 0 Å².